The van der Waals surface area contributed by atoms with Gasteiger partial charge >= 0.3 is 0 Å². The van der Waals surface area contributed by atoms with Crippen LogP contribution in [0.3, 0.4) is 0 Å². The average molecular weight is 467 g/mol. The van der Waals surface area contributed by atoms with E-state index >= 15 is 0 Å². The average Bonchev–Trinajstić information content (AvgIpc) is 3.51. The normalized spacial score (nSPS) is 11.0. The number of carbonyl (C=O) groups excluding carboxylic acids is 1. The van der Waals surface area contributed by atoms with Crippen LogP contribution in [0.2, 0.25) is 0 Å². The summed E-state index contributed by atoms with van der Waals surface area (Å²) in [6.45, 7) is 3.87. The zero-order valence-electron chi connectivity index (χ0n) is 19.1. The number of hydrogen-bond donors (Lipinski definition) is 1. The van der Waals surface area contributed by atoms with Crippen molar-refractivity contribution >= 4 is 28.3 Å². The second-order valence-corrected chi connectivity index (χ2v) is 8.11. The van der Waals surface area contributed by atoms with E-state index in [1.165, 1.54) is 17.7 Å². The predicted octanol–water partition coefficient (Wildman–Crippen LogP) is 5.71. The van der Waals surface area contributed by atoms with E-state index in [1.807, 2.05) is 24.3 Å². The summed E-state index contributed by atoms with van der Waals surface area (Å²) >= 11 is 0. The van der Waals surface area contributed by atoms with Crippen LogP contribution in [-0.2, 0) is 6.42 Å². The summed E-state index contributed by atoms with van der Waals surface area (Å²) in [6.07, 6.45) is 0.955. The number of amides is 1. The molecule has 0 bridgehead atoms. The molecule has 0 spiro atoms. The van der Waals surface area contributed by atoms with Gasteiger partial charge in [0, 0.05) is 11.8 Å². The zero-order valence-corrected chi connectivity index (χ0v) is 19.1. The fourth-order valence-electron chi connectivity index (χ4n) is 3.77. The van der Waals surface area contributed by atoms with Crippen molar-refractivity contribution in [1.29, 1.82) is 0 Å². The lowest BCUT2D eigenvalue weighted by Crippen LogP contribution is -2.10. The van der Waals surface area contributed by atoms with E-state index in [0.29, 0.717) is 22.3 Å². The maximum atomic E-state index is 12.8. The number of benzene rings is 3. The highest BCUT2D eigenvalue weighted by atomic mass is 16.6. The highest BCUT2D eigenvalue weighted by Crippen LogP contribution is 2.32. The van der Waals surface area contributed by atoms with Gasteiger partial charge in [-0.05, 0) is 73.0 Å². The molecule has 3 aromatic carbocycles. The van der Waals surface area contributed by atoms with Crippen molar-refractivity contribution in [2.24, 2.45) is 0 Å². The SMILES string of the molecule is CCc1ccc(-n2nc3ccc(NC(=O)c4ccc(-c5ccc(C)cc5[N+](=O)[O-])o4)cc3n2)cc1. The van der Waals surface area contributed by atoms with E-state index in [-0.39, 0.29) is 17.2 Å². The fraction of sp³-hybridized carbons (Fsp3) is 0.115. The van der Waals surface area contributed by atoms with E-state index < -0.39 is 10.8 Å². The van der Waals surface area contributed by atoms with Crippen molar-refractivity contribution in [3.05, 3.63) is 99.8 Å². The maximum Gasteiger partial charge on any atom is 0.291 e. The molecule has 0 fully saturated rings. The number of nitro benzene ring substituents is 1. The van der Waals surface area contributed by atoms with E-state index in [4.69, 9.17) is 4.42 Å². The van der Waals surface area contributed by atoms with Crippen molar-refractivity contribution in [2.75, 3.05) is 5.32 Å². The van der Waals surface area contributed by atoms with Crippen LogP contribution in [-0.4, -0.2) is 25.8 Å². The lowest BCUT2D eigenvalue weighted by molar-refractivity contribution is -0.384. The van der Waals surface area contributed by atoms with Gasteiger partial charge in [-0.25, -0.2) is 0 Å². The third-order valence-electron chi connectivity index (χ3n) is 5.66. The maximum absolute atomic E-state index is 12.8. The molecule has 0 unspecified atom stereocenters. The minimum atomic E-state index is -0.479. The minimum absolute atomic E-state index is 0.0367. The summed E-state index contributed by atoms with van der Waals surface area (Å²) < 4.78 is 5.65. The Balaban J connectivity index is 1.36. The number of nitro groups is 1. The third-order valence-corrected chi connectivity index (χ3v) is 5.66. The molecule has 9 nitrogen and oxygen atoms in total. The van der Waals surface area contributed by atoms with Gasteiger partial charge in [0.25, 0.3) is 11.6 Å². The van der Waals surface area contributed by atoms with Gasteiger partial charge in [-0.1, -0.05) is 25.1 Å². The van der Waals surface area contributed by atoms with Crippen molar-refractivity contribution < 1.29 is 14.1 Å². The molecule has 5 aromatic rings. The van der Waals surface area contributed by atoms with Crippen LogP contribution in [0, 0.1) is 17.0 Å². The molecule has 0 aliphatic heterocycles. The van der Waals surface area contributed by atoms with Crippen molar-refractivity contribution in [2.45, 2.75) is 20.3 Å². The number of nitrogens with zero attached hydrogens (tertiary/aromatic N) is 4. The first-order valence-corrected chi connectivity index (χ1v) is 11.0. The number of carbonyl (C=O) groups is 1. The Hall–Kier alpha value is -4.79. The molecule has 0 saturated heterocycles. The standard InChI is InChI=1S/C26H21N5O4/c1-3-17-5-8-19(9-6-17)30-28-21-11-7-18(15-22(21)29-30)27-26(32)25-13-12-24(35-25)20-10-4-16(2)14-23(20)31(33)34/h4-15H,3H2,1-2H3,(H,27,32). The fourth-order valence-corrected chi connectivity index (χ4v) is 3.77. The molecule has 2 heterocycles. The van der Waals surface area contributed by atoms with Crippen LogP contribution in [0.15, 0.2) is 77.2 Å². The second kappa shape index (κ2) is 8.86. The molecule has 35 heavy (non-hydrogen) atoms. The molecular weight excluding hydrogens is 446 g/mol. The molecule has 174 valence electrons. The van der Waals surface area contributed by atoms with E-state index in [1.54, 1.807) is 48.1 Å². The van der Waals surface area contributed by atoms with E-state index in [2.05, 4.69) is 22.4 Å². The smallest absolute Gasteiger partial charge is 0.291 e. The van der Waals surface area contributed by atoms with Gasteiger partial charge in [0.05, 0.1) is 16.2 Å². The topological polar surface area (TPSA) is 116 Å². The van der Waals surface area contributed by atoms with Gasteiger partial charge in [0.2, 0.25) is 0 Å². The summed E-state index contributed by atoms with van der Waals surface area (Å²) in [7, 11) is 0. The number of anilines is 1. The molecule has 2 aromatic heterocycles. The quantitative estimate of drug-likeness (QED) is 0.252. The van der Waals surface area contributed by atoms with Crippen molar-refractivity contribution in [3.8, 4) is 17.0 Å². The van der Waals surface area contributed by atoms with Gasteiger partial charge in [-0.3, -0.25) is 14.9 Å². The molecule has 0 radical (unpaired) electrons. The summed E-state index contributed by atoms with van der Waals surface area (Å²) in [5.74, 6) is -0.197. The van der Waals surface area contributed by atoms with Gasteiger partial charge in [0.1, 0.15) is 16.8 Å². The van der Waals surface area contributed by atoms with E-state index in [0.717, 1.165) is 17.7 Å². The van der Waals surface area contributed by atoms with Crippen molar-refractivity contribution in [3.63, 3.8) is 0 Å². The van der Waals surface area contributed by atoms with Crippen LogP contribution in [0.25, 0.3) is 28.0 Å². The van der Waals surface area contributed by atoms with Crippen molar-refractivity contribution in [1.82, 2.24) is 15.0 Å². The highest BCUT2D eigenvalue weighted by Gasteiger charge is 2.20. The number of aryl methyl sites for hydroxylation is 2. The number of aromatic nitrogens is 3. The second-order valence-electron chi connectivity index (χ2n) is 8.11. The molecule has 1 amide bonds. The number of fused-ring (bicyclic) bond motifs is 1. The largest absolute Gasteiger partial charge is 0.451 e. The Morgan fingerprint density at radius 3 is 2.51 bits per heavy atom. The molecule has 0 saturated carbocycles. The molecule has 5 rings (SSSR count). The molecule has 0 aliphatic carbocycles. The van der Waals surface area contributed by atoms with Gasteiger partial charge in [-0.2, -0.15) is 4.80 Å². The number of furan rings is 1. The number of nitrogens with one attached hydrogen (secondary N) is 1. The molecule has 0 atom stereocenters. The van der Waals surface area contributed by atoms with Gasteiger partial charge in [0.15, 0.2) is 5.76 Å². The summed E-state index contributed by atoms with van der Waals surface area (Å²) in [4.78, 5) is 25.3. The Morgan fingerprint density at radius 1 is 1.00 bits per heavy atom. The lowest BCUT2D eigenvalue weighted by Gasteiger charge is -2.03. The highest BCUT2D eigenvalue weighted by molar-refractivity contribution is 6.03. The Kier molecular flexibility index (Phi) is 5.58. The first-order valence-electron chi connectivity index (χ1n) is 11.0. The van der Waals surface area contributed by atoms with Crippen LogP contribution in [0.1, 0.15) is 28.6 Å². The Bertz CT molecular complexity index is 1570. The zero-order chi connectivity index (χ0) is 24.5. The first kappa shape index (κ1) is 22.0. The minimum Gasteiger partial charge on any atom is -0.451 e. The number of rotatable bonds is 6. The summed E-state index contributed by atoms with van der Waals surface area (Å²) in [5.41, 5.74) is 4.90. The molecule has 0 aliphatic rings. The van der Waals surface area contributed by atoms with Crippen LogP contribution in [0.5, 0.6) is 0 Å². The van der Waals surface area contributed by atoms with Crippen LogP contribution in [0.4, 0.5) is 11.4 Å². The molecule has 1 N–H and O–H groups in total. The van der Waals surface area contributed by atoms with Gasteiger partial charge < -0.3 is 9.73 Å². The molecular formula is C26H21N5O4. The first-order chi connectivity index (χ1) is 16.9. The van der Waals surface area contributed by atoms with Crippen LogP contribution >= 0.6 is 0 Å². The number of hydrogen-bond acceptors (Lipinski definition) is 6. The predicted molar refractivity (Wildman–Crippen MR) is 132 cm³/mol. The third kappa shape index (κ3) is 4.39. The summed E-state index contributed by atoms with van der Waals surface area (Å²) in [5, 5.41) is 23.2. The van der Waals surface area contributed by atoms with E-state index in [9.17, 15) is 14.9 Å². The Morgan fingerprint density at radius 2 is 1.77 bits per heavy atom. The lowest BCUT2D eigenvalue weighted by atomic mass is 10.1. The Labute approximate surface area is 200 Å². The van der Waals surface area contributed by atoms with Gasteiger partial charge in [-0.15, -0.1) is 10.2 Å². The molecule has 9 heteroatoms. The monoisotopic (exact) mass is 467 g/mol. The summed E-state index contributed by atoms with van der Waals surface area (Å²) in [6, 6.07) is 21.1. The van der Waals surface area contributed by atoms with Crippen LogP contribution < -0.4 is 5.32 Å².